The van der Waals surface area contributed by atoms with Crippen molar-refractivity contribution >= 4 is 33.4 Å². The van der Waals surface area contributed by atoms with Crippen LogP contribution in [0.2, 0.25) is 5.02 Å². The minimum Gasteiger partial charge on any atom is -0.490 e. The van der Waals surface area contributed by atoms with Gasteiger partial charge in [0, 0.05) is 35.1 Å². The third-order valence-corrected chi connectivity index (χ3v) is 10.5. The van der Waals surface area contributed by atoms with Crippen LogP contribution in [0.15, 0.2) is 48.6 Å². The summed E-state index contributed by atoms with van der Waals surface area (Å²) in [6.07, 6.45) is 8.30. The first-order valence-corrected chi connectivity index (χ1v) is 16.0. The zero-order chi connectivity index (χ0) is 28.1. The molecule has 8 nitrogen and oxygen atoms in total. The number of aryl methyl sites for hydroxylation is 1. The summed E-state index contributed by atoms with van der Waals surface area (Å²) in [5.74, 6) is 0.362. The smallest absolute Gasteiger partial charge is 0.301 e. The van der Waals surface area contributed by atoms with Crippen LogP contribution in [0.5, 0.6) is 5.75 Å². The van der Waals surface area contributed by atoms with E-state index >= 15 is 0 Å². The number of benzene rings is 2. The molecule has 1 amide bonds. The number of fused-ring (bicyclic) bond motifs is 4. The monoisotopic (exact) mass is 585 g/mol. The number of ether oxygens (including phenoxy) is 1. The van der Waals surface area contributed by atoms with Crippen LogP contribution in [0.3, 0.4) is 0 Å². The topological polar surface area (TPSA) is 108 Å². The van der Waals surface area contributed by atoms with Gasteiger partial charge < -0.3 is 14.7 Å². The van der Waals surface area contributed by atoms with Crippen LogP contribution >= 0.6 is 11.6 Å². The predicted molar refractivity (Wildman–Crippen MR) is 155 cm³/mol. The van der Waals surface area contributed by atoms with Gasteiger partial charge in [-0.1, -0.05) is 29.8 Å². The Labute approximate surface area is 240 Å². The van der Waals surface area contributed by atoms with E-state index in [1.165, 1.54) is 11.1 Å². The molecule has 4 aliphatic rings. The molecule has 10 heteroatoms. The predicted octanol–water partition coefficient (Wildman–Crippen LogP) is 4.11. The molecule has 40 heavy (non-hydrogen) atoms. The van der Waals surface area contributed by atoms with Crippen molar-refractivity contribution in [1.82, 2.24) is 9.44 Å². The Morgan fingerprint density at radius 1 is 1.18 bits per heavy atom. The van der Waals surface area contributed by atoms with E-state index in [2.05, 4.69) is 26.5 Å². The van der Waals surface area contributed by atoms with E-state index in [-0.39, 0.29) is 22.8 Å². The van der Waals surface area contributed by atoms with Gasteiger partial charge in [0.2, 0.25) is 0 Å². The standard InChI is InChI=1S/C30H36ClN3O5S/c1-19-4-2-6-27(35)24-10-7-22(24)16-34-17-30(13-3-5-20-14-23(31)9-11-25(20)30)18-39-28-12-8-21(15-26(28)34)29(36)33-40(37,38)32-19/h2,6,8-9,11-12,14-15,19,22,24,27,32,35H,3-5,7,10,13,16-18H2,1H3,(H,33,36)/b6-2+/t19-,22-,24+,27?,30-/m0/s1. The quantitative estimate of drug-likeness (QED) is 0.402. The molecule has 2 aromatic rings. The van der Waals surface area contributed by atoms with Crippen molar-refractivity contribution in [2.45, 2.75) is 63.0 Å². The molecule has 2 heterocycles. The molecular weight excluding hydrogens is 550 g/mol. The summed E-state index contributed by atoms with van der Waals surface area (Å²) in [5.41, 5.74) is 3.25. The van der Waals surface area contributed by atoms with E-state index < -0.39 is 28.3 Å². The molecule has 2 bridgehead atoms. The van der Waals surface area contributed by atoms with Crippen LogP contribution in [0, 0.1) is 11.8 Å². The normalized spacial score (nSPS) is 32.5. The van der Waals surface area contributed by atoms with Crippen molar-refractivity contribution in [3.8, 4) is 5.75 Å². The van der Waals surface area contributed by atoms with Crippen molar-refractivity contribution in [3.63, 3.8) is 0 Å². The Morgan fingerprint density at radius 3 is 2.83 bits per heavy atom. The molecule has 1 spiro atoms. The Bertz CT molecular complexity index is 1450. The minimum atomic E-state index is -4.08. The average molecular weight is 586 g/mol. The fraction of sp³-hybridized carbons (Fsp3) is 0.500. The molecular formula is C30H36ClN3O5S. The van der Waals surface area contributed by atoms with Gasteiger partial charge in [-0.2, -0.15) is 13.1 Å². The zero-order valence-corrected chi connectivity index (χ0v) is 24.2. The second-order valence-electron chi connectivity index (χ2n) is 11.9. The first-order valence-electron chi connectivity index (χ1n) is 14.1. The molecule has 2 aromatic carbocycles. The lowest BCUT2D eigenvalue weighted by Gasteiger charge is -2.45. The molecule has 0 radical (unpaired) electrons. The lowest BCUT2D eigenvalue weighted by molar-refractivity contribution is 0.0456. The number of nitrogens with zero attached hydrogens (tertiary/aromatic N) is 1. The molecule has 0 aromatic heterocycles. The molecule has 214 valence electrons. The highest BCUT2D eigenvalue weighted by Crippen LogP contribution is 2.46. The summed E-state index contributed by atoms with van der Waals surface area (Å²) >= 11 is 6.36. The lowest BCUT2D eigenvalue weighted by Crippen LogP contribution is -2.49. The fourth-order valence-corrected chi connectivity index (χ4v) is 8.14. The number of amides is 1. The Morgan fingerprint density at radius 2 is 2.02 bits per heavy atom. The third kappa shape index (κ3) is 5.36. The highest BCUT2D eigenvalue weighted by Gasteiger charge is 2.44. The maximum atomic E-state index is 13.1. The van der Waals surface area contributed by atoms with Gasteiger partial charge in [-0.25, -0.2) is 4.72 Å². The number of hydrogen-bond donors (Lipinski definition) is 3. The number of nitrogens with one attached hydrogen (secondary N) is 2. The number of aliphatic hydroxyl groups excluding tert-OH is 1. The molecule has 1 unspecified atom stereocenters. The SMILES string of the molecule is C[C@H]1C/C=C/C(O)[C@@H]2CC[C@H]2CN2C[C@@]3(CCCc4cc(Cl)ccc43)COc3ccc(cc32)C(=O)NS(=O)(=O)N1. The summed E-state index contributed by atoms with van der Waals surface area (Å²) in [5, 5.41) is 11.7. The highest BCUT2D eigenvalue weighted by molar-refractivity contribution is 7.88. The molecule has 5 atom stereocenters. The summed E-state index contributed by atoms with van der Waals surface area (Å²) in [7, 11) is -4.08. The van der Waals surface area contributed by atoms with E-state index in [1.54, 1.807) is 31.2 Å². The number of hydrogen-bond acceptors (Lipinski definition) is 6. The van der Waals surface area contributed by atoms with Crippen molar-refractivity contribution in [2.24, 2.45) is 11.8 Å². The van der Waals surface area contributed by atoms with Gasteiger partial charge in [0.1, 0.15) is 5.75 Å². The summed E-state index contributed by atoms with van der Waals surface area (Å²) in [6, 6.07) is 10.8. The molecule has 0 saturated heterocycles. The zero-order valence-electron chi connectivity index (χ0n) is 22.6. The first-order chi connectivity index (χ1) is 19.1. The fourth-order valence-electron chi connectivity index (χ4n) is 6.90. The number of aliphatic hydroxyl groups is 1. The van der Waals surface area contributed by atoms with Crippen LogP contribution in [-0.2, 0) is 22.0 Å². The van der Waals surface area contributed by atoms with Gasteiger partial charge in [0.15, 0.2) is 0 Å². The largest absolute Gasteiger partial charge is 0.490 e. The summed E-state index contributed by atoms with van der Waals surface area (Å²) in [6.45, 7) is 3.61. The second-order valence-corrected chi connectivity index (χ2v) is 13.8. The van der Waals surface area contributed by atoms with E-state index in [4.69, 9.17) is 16.3 Å². The van der Waals surface area contributed by atoms with Gasteiger partial charge in [0.05, 0.1) is 18.4 Å². The minimum absolute atomic E-state index is 0.114. The Kier molecular flexibility index (Phi) is 7.36. The third-order valence-electron chi connectivity index (χ3n) is 9.08. The molecule has 2 aliphatic carbocycles. The summed E-state index contributed by atoms with van der Waals surface area (Å²) in [4.78, 5) is 15.4. The maximum absolute atomic E-state index is 13.1. The van der Waals surface area contributed by atoms with Gasteiger partial charge >= 0.3 is 10.2 Å². The molecule has 1 saturated carbocycles. The molecule has 2 aliphatic heterocycles. The first kappa shape index (κ1) is 27.6. The average Bonchev–Trinajstić information content (AvgIpc) is 3.02. The Balaban J connectivity index is 1.42. The second kappa shape index (κ2) is 10.7. The van der Waals surface area contributed by atoms with Crippen LogP contribution in [-0.4, -0.2) is 51.3 Å². The van der Waals surface area contributed by atoms with Crippen molar-refractivity contribution in [2.75, 3.05) is 24.6 Å². The number of carbonyl (C=O) groups excluding carboxylic acids is 1. The number of rotatable bonds is 0. The molecule has 1 fully saturated rings. The molecule has 6 rings (SSSR count). The number of anilines is 1. The van der Waals surface area contributed by atoms with Crippen molar-refractivity contribution in [1.29, 1.82) is 0 Å². The van der Waals surface area contributed by atoms with E-state index in [0.717, 1.165) is 42.8 Å². The van der Waals surface area contributed by atoms with E-state index in [1.807, 2.05) is 12.1 Å². The molecule has 3 N–H and O–H groups in total. The van der Waals surface area contributed by atoms with Gasteiger partial charge in [-0.05, 0) is 98.7 Å². The Hall–Kier alpha value is -2.59. The van der Waals surface area contributed by atoms with Crippen LogP contribution in [0.4, 0.5) is 5.69 Å². The van der Waals surface area contributed by atoms with Crippen molar-refractivity contribution < 1.29 is 23.1 Å². The van der Waals surface area contributed by atoms with E-state index in [9.17, 15) is 18.3 Å². The highest BCUT2D eigenvalue weighted by atomic mass is 35.5. The van der Waals surface area contributed by atoms with Crippen molar-refractivity contribution in [3.05, 3.63) is 70.3 Å². The van der Waals surface area contributed by atoms with Crippen LogP contribution < -0.4 is 19.1 Å². The summed E-state index contributed by atoms with van der Waals surface area (Å²) < 4.78 is 36.5. The lowest BCUT2D eigenvalue weighted by atomic mass is 9.68. The van der Waals surface area contributed by atoms with E-state index in [0.29, 0.717) is 31.9 Å². The maximum Gasteiger partial charge on any atom is 0.301 e. The van der Waals surface area contributed by atoms with Gasteiger partial charge in [-0.3, -0.25) is 4.79 Å². The number of halogens is 1. The number of carbonyl (C=O) groups is 1. The van der Waals surface area contributed by atoms with Crippen LogP contribution in [0.1, 0.15) is 60.5 Å². The van der Waals surface area contributed by atoms with Gasteiger partial charge in [-0.15, -0.1) is 0 Å². The van der Waals surface area contributed by atoms with Gasteiger partial charge in [0.25, 0.3) is 5.91 Å². The van der Waals surface area contributed by atoms with Crippen LogP contribution in [0.25, 0.3) is 0 Å².